The monoisotopic (exact) mass is 410 g/mol. The highest BCUT2D eigenvalue weighted by Crippen LogP contribution is 2.33. The van der Waals surface area contributed by atoms with E-state index in [1.807, 2.05) is 37.3 Å². The lowest BCUT2D eigenvalue weighted by Crippen LogP contribution is -2.37. The Labute approximate surface area is 172 Å². The first-order chi connectivity index (χ1) is 14.1. The van der Waals surface area contributed by atoms with Gasteiger partial charge in [-0.25, -0.2) is 9.67 Å². The van der Waals surface area contributed by atoms with Crippen LogP contribution in [0.4, 0.5) is 0 Å². The minimum atomic E-state index is -0.373. The number of aromatic nitrogens is 3. The molecule has 0 bridgehead atoms. The largest absolute Gasteiger partial charge is 0.368 e. The van der Waals surface area contributed by atoms with Crippen molar-refractivity contribution in [2.75, 3.05) is 13.2 Å². The number of carbonyl (C=O) groups excluding carboxylic acids is 1. The van der Waals surface area contributed by atoms with Gasteiger partial charge in [-0.15, -0.1) is 11.3 Å². The summed E-state index contributed by atoms with van der Waals surface area (Å²) in [6.45, 7) is 3.19. The summed E-state index contributed by atoms with van der Waals surface area (Å²) in [5.74, 6) is -0.127. The van der Waals surface area contributed by atoms with E-state index in [0.717, 1.165) is 34.0 Å². The minimum Gasteiger partial charge on any atom is -0.368 e. The van der Waals surface area contributed by atoms with Gasteiger partial charge in [-0.05, 0) is 25.8 Å². The molecule has 1 atom stereocenters. The second-order valence-corrected chi connectivity index (χ2v) is 7.87. The van der Waals surface area contributed by atoms with Gasteiger partial charge in [-0.2, -0.15) is 5.10 Å². The van der Waals surface area contributed by atoms with Gasteiger partial charge in [0.15, 0.2) is 0 Å². The highest BCUT2D eigenvalue weighted by Gasteiger charge is 2.23. The number of rotatable bonds is 6. The Morgan fingerprint density at radius 1 is 1.28 bits per heavy atom. The van der Waals surface area contributed by atoms with Gasteiger partial charge in [0.25, 0.3) is 5.56 Å². The van der Waals surface area contributed by atoms with Crippen molar-refractivity contribution < 1.29 is 9.53 Å². The molecule has 1 aromatic carbocycles. The van der Waals surface area contributed by atoms with Gasteiger partial charge in [0.05, 0.1) is 17.1 Å². The normalized spacial score (nSPS) is 16.1. The van der Waals surface area contributed by atoms with E-state index < -0.39 is 0 Å². The van der Waals surface area contributed by atoms with Crippen LogP contribution in [-0.4, -0.2) is 39.9 Å². The molecule has 1 aliphatic heterocycles. The second kappa shape index (κ2) is 8.67. The van der Waals surface area contributed by atoms with Crippen LogP contribution in [0.1, 0.15) is 18.5 Å². The molecule has 4 rings (SSSR count). The lowest BCUT2D eigenvalue weighted by Gasteiger charge is -2.11. The van der Waals surface area contributed by atoms with E-state index in [1.54, 1.807) is 17.4 Å². The van der Waals surface area contributed by atoms with Crippen LogP contribution >= 0.6 is 11.3 Å². The highest BCUT2D eigenvalue weighted by atomic mass is 32.1. The summed E-state index contributed by atoms with van der Waals surface area (Å²) in [5.41, 5.74) is 2.42. The molecule has 0 aliphatic carbocycles. The van der Waals surface area contributed by atoms with E-state index in [4.69, 9.17) is 4.74 Å². The molecule has 29 heavy (non-hydrogen) atoms. The zero-order chi connectivity index (χ0) is 20.2. The zero-order valence-electron chi connectivity index (χ0n) is 16.1. The van der Waals surface area contributed by atoms with Crippen molar-refractivity contribution in [3.63, 3.8) is 0 Å². The van der Waals surface area contributed by atoms with Crippen molar-refractivity contribution in [2.45, 2.75) is 32.4 Å². The van der Waals surface area contributed by atoms with Crippen molar-refractivity contribution in [3.8, 4) is 21.1 Å². The zero-order valence-corrected chi connectivity index (χ0v) is 16.9. The van der Waals surface area contributed by atoms with E-state index >= 15 is 0 Å². The Kier molecular flexibility index (Phi) is 5.82. The summed E-state index contributed by atoms with van der Waals surface area (Å²) >= 11 is 1.55. The van der Waals surface area contributed by atoms with Gasteiger partial charge < -0.3 is 10.1 Å². The lowest BCUT2D eigenvalue weighted by molar-refractivity contribution is -0.130. The first kappa shape index (κ1) is 19.5. The lowest BCUT2D eigenvalue weighted by atomic mass is 10.2. The molecule has 1 N–H and O–H groups in total. The summed E-state index contributed by atoms with van der Waals surface area (Å²) in [4.78, 5) is 29.8. The van der Waals surface area contributed by atoms with Gasteiger partial charge >= 0.3 is 0 Å². The van der Waals surface area contributed by atoms with Crippen molar-refractivity contribution >= 4 is 17.2 Å². The topological polar surface area (TPSA) is 86.1 Å². The summed E-state index contributed by atoms with van der Waals surface area (Å²) in [7, 11) is 0. The standard InChI is InChI=1S/C21H22N4O3S/c1-14-19(29-21(23-14)15-6-3-2-4-7-15)16-9-10-18(26)25(24-16)12-11-22-20(27)17-8-5-13-28-17/h2-4,6-7,9-10,17H,5,8,11-13H2,1H3,(H,22,27). The maximum atomic E-state index is 12.2. The van der Waals surface area contributed by atoms with E-state index in [9.17, 15) is 9.59 Å². The van der Waals surface area contributed by atoms with Gasteiger partial charge in [-0.3, -0.25) is 9.59 Å². The molecule has 1 unspecified atom stereocenters. The van der Waals surface area contributed by atoms with E-state index in [1.165, 1.54) is 10.7 Å². The molecule has 0 radical (unpaired) electrons. The van der Waals surface area contributed by atoms with E-state index in [0.29, 0.717) is 25.4 Å². The number of aryl methyl sites for hydroxylation is 1. The summed E-state index contributed by atoms with van der Waals surface area (Å²) in [6, 6.07) is 13.2. The predicted octanol–water partition coefficient (Wildman–Crippen LogP) is 2.64. The fourth-order valence-electron chi connectivity index (χ4n) is 3.25. The Hall–Kier alpha value is -2.84. The molecule has 1 saturated heterocycles. The smallest absolute Gasteiger partial charge is 0.266 e. The van der Waals surface area contributed by atoms with Gasteiger partial charge in [0, 0.05) is 24.8 Å². The number of benzene rings is 1. The molecule has 1 amide bonds. The molecule has 0 saturated carbocycles. The Morgan fingerprint density at radius 3 is 2.86 bits per heavy atom. The Balaban J connectivity index is 1.49. The number of nitrogens with one attached hydrogen (secondary N) is 1. The van der Waals surface area contributed by atoms with Gasteiger partial charge in [0.1, 0.15) is 16.8 Å². The molecule has 150 valence electrons. The fraction of sp³-hybridized carbons (Fsp3) is 0.333. The summed E-state index contributed by atoms with van der Waals surface area (Å²) in [6.07, 6.45) is 1.27. The molecule has 2 aromatic heterocycles. The molecule has 3 aromatic rings. The Morgan fingerprint density at radius 2 is 2.10 bits per heavy atom. The van der Waals surface area contributed by atoms with Crippen LogP contribution in [0.25, 0.3) is 21.1 Å². The van der Waals surface area contributed by atoms with Crippen LogP contribution in [0.3, 0.4) is 0 Å². The van der Waals surface area contributed by atoms with Gasteiger partial charge in [-0.1, -0.05) is 30.3 Å². The molecular weight excluding hydrogens is 388 g/mol. The molecule has 0 spiro atoms. The molecule has 8 heteroatoms. The molecule has 1 aliphatic rings. The fourth-order valence-corrected chi connectivity index (χ4v) is 4.29. The van der Waals surface area contributed by atoms with Crippen LogP contribution < -0.4 is 10.9 Å². The SMILES string of the molecule is Cc1nc(-c2ccccc2)sc1-c1ccc(=O)n(CCNC(=O)C2CCCO2)n1. The van der Waals surface area contributed by atoms with Crippen LogP contribution in [0.2, 0.25) is 0 Å². The average molecular weight is 410 g/mol. The number of amides is 1. The first-order valence-corrected chi connectivity index (χ1v) is 10.4. The van der Waals surface area contributed by atoms with Crippen LogP contribution in [0.15, 0.2) is 47.3 Å². The third-order valence-corrected chi connectivity index (χ3v) is 5.99. The highest BCUT2D eigenvalue weighted by molar-refractivity contribution is 7.18. The third-order valence-electron chi connectivity index (χ3n) is 4.76. The number of thiazole rings is 1. The van der Waals surface area contributed by atoms with Crippen LogP contribution in [-0.2, 0) is 16.1 Å². The van der Waals surface area contributed by atoms with E-state index in [2.05, 4.69) is 15.4 Å². The second-order valence-electron chi connectivity index (χ2n) is 6.87. The van der Waals surface area contributed by atoms with Crippen molar-refractivity contribution in [3.05, 3.63) is 58.5 Å². The quantitative estimate of drug-likeness (QED) is 0.675. The number of carbonyl (C=O) groups is 1. The number of nitrogens with zero attached hydrogens (tertiary/aromatic N) is 3. The number of ether oxygens (including phenoxy) is 1. The molecule has 7 nitrogen and oxygen atoms in total. The van der Waals surface area contributed by atoms with E-state index in [-0.39, 0.29) is 17.6 Å². The number of hydrogen-bond acceptors (Lipinski definition) is 6. The minimum absolute atomic E-state index is 0.127. The van der Waals surface area contributed by atoms with Crippen molar-refractivity contribution in [2.24, 2.45) is 0 Å². The number of hydrogen-bond donors (Lipinski definition) is 1. The van der Waals surface area contributed by atoms with Crippen LogP contribution in [0, 0.1) is 6.92 Å². The van der Waals surface area contributed by atoms with Crippen LogP contribution in [0.5, 0.6) is 0 Å². The summed E-state index contributed by atoms with van der Waals surface area (Å²) in [5, 5.41) is 8.24. The molecule has 1 fully saturated rings. The maximum Gasteiger partial charge on any atom is 0.266 e. The molecular formula is C21H22N4O3S. The predicted molar refractivity (Wildman–Crippen MR) is 112 cm³/mol. The van der Waals surface area contributed by atoms with Crippen molar-refractivity contribution in [1.29, 1.82) is 0 Å². The third kappa shape index (κ3) is 4.44. The first-order valence-electron chi connectivity index (χ1n) is 9.62. The maximum absolute atomic E-state index is 12.2. The average Bonchev–Trinajstić information content (AvgIpc) is 3.40. The molecule has 3 heterocycles. The Bertz CT molecular complexity index is 1060. The summed E-state index contributed by atoms with van der Waals surface area (Å²) < 4.78 is 6.75. The van der Waals surface area contributed by atoms with Gasteiger partial charge in [0.2, 0.25) is 5.91 Å². The van der Waals surface area contributed by atoms with Crippen molar-refractivity contribution in [1.82, 2.24) is 20.1 Å².